The van der Waals surface area contributed by atoms with Gasteiger partial charge in [-0.15, -0.1) is 0 Å². The van der Waals surface area contributed by atoms with E-state index >= 15 is 0 Å². The van der Waals surface area contributed by atoms with Crippen LogP contribution in [-0.2, 0) is 14.8 Å². The van der Waals surface area contributed by atoms with Gasteiger partial charge in [0.1, 0.15) is 0 Å². The number of nitrogens with zero attached hydrogens (tertiary/aromatic N) is 2. The Hall–Kier alpha value is -1.97. The Balaban J connectivity index is 1.71. The molecule has 0 unspecified atom stereocenters. The summed E-state index contributed by atoms with van der Waals surface area (Å²) in [6.07, 6.45) is 3.02. The number of hydrogen-bond donors (Lipinski definition) is 2. The number of piperidine rings is 1. The molecule has 1 aliphatic heterocycles. The molecule has 0 aliphatic carbocycles. The summed E-state index contributed by atoms with van der Waals surface area (Å²) in [5, 5.41) is 6.28. The lowest BCUT2D eigenvalue weighted by Crippen LogP contribution is -2.44. The smallest absolute Gasteiger partial charge is 0.254 e. The van der Waals surface area contributed by atoms with Gasteiger partial charge in [-0.1, -0.05) is 17.4 Å². The van der Waals surface area contributed by atoms with Crippen LogP contribution in [0.3, 0.4) is 0 Å². The third-order valence-electron chi connectivity index (χ3n) is 4.62. The van der Waals surface area contributed by atoms with Crippen molar-refractivity contribution < 1.29 is 13.2 Å². The van der Waals surface area contributed by atoms with Crippen LogP contribution in [0, 0.1) is 13.8 Å². The topological polar surface area (TPSA) is 91.4 Å². The van der Waals surface area contributed by atoms with Crippen molar-refractivity contribution in [2.75, 3.05) is 23.7 Å². The van der Waals surface area contributed by atoms with Crippen molar-refractivity contribution >= 4 is 38.1 Å². The fourth-order valence-electron chi connectivity index (χ4n) is 3.06. The molecule has 7 nitrogen and oxygen atoms in total. The van der Waals surface area contributed by atoms with E-state index in [-0.39, 0.29) is 16.2 Å². The third-order valence-corrected chi connectivity index (χ3v) is 7.84. The first-order valence-corrected chi connectivity index (χ1v) is 11.1. The first kappa shape index (κ1) is 19.8. The number of amides is 1. The van der Waals surface area contributed by atoms with Gasteiger partial charge in [-0.3, -0.25) is 4.79 Å². The van der Waals surface area contributed by atoms with E-state index in [4.69, 9.17) is 0 Å². The number of rotatable bonds is 5. The van der Waals surface area contributed by atoms with E-state index in [2.05, 4.69) is 41.6 Å². The zero-order valence-corrected chi connectivity index (χ0v) is 17.3. The van der Waals surface area contributed by atoms with Gasteiger partial charge in [-0.25, -0.2) is 13.4 Å². The van der Waals surface area contributed by atoms with Crippen LogP contribution in [0.15, 0.2) is 28.6 Å². The Kier molecular flexibility index (Phi) is 5.83. The lowest BCUT2D eigenvalue weighted by molar-refractivity contribution is -0.114. The van der Waals surface area contributed by atoms with E-state index in [1.807, 2.05) is 6.07 Å². The molecular formula is C18H24N4O3S2. The second-order valence-corrected chi connectivity index (χ2v) is 10.0. The van der Waals surface area contributed by atoms with Crippen LogP contribution in [0.5, 0.6) is 0 Å². The number of carbonyl (C=O) groups is 1. The number of anilines is 2. The van der Waals surface area contributed by atoms with Gasteiger partial charge in [-0.05, 0) is 49.9 Å². The van der Waals surface area contributed by atoms with Crippen LogP contribution in [0.2, 0.25) is 0 Å². The SMILES string of the molecule is CC(=O)Nc1ncc(S(=O)(=O)N2CCC[C@@H](Nc3ccc(C)c(C)c3)C2)s1. The molecule has 1 amide bonds. The molecule has 2 aromatic rings. The van der Waals surface area contributed by atoms with Crippen molar-refractivity contribution in [1.82, 2.24) is 9.29 Å². The van der Waals surface area contributed by atoms with Crippen LogP contribution in [0.4, 0.5) is 10.8 Å². The van der Waals surface area contributed by atoms with Crippen LogP contribution >= 0.6 is 11.3 Å². The summed E-state index contributed by atoms with van der Waals surface area (Å²) in [5.41, 5.74) is 3.44. The maximum Gasteiger partial charge on any atom is 0.254 e. The molecule has 1 saturated heterocycles. The van der Waals surface area contributed by atoms with Crippen LogP contribution in [0.1, 0.15) is 30.9 Å². The largest absolute Gasteiger partial charge is 0.381 e. The molecule has 146 valence electrons. The molecule has 27 heavy (non-hydrogen) atoms. The zero-order chi connectivity index (χ0) is 19.6. The van der Waals surface area contributed by atoms with Crippen LogP contribution in [-0.4, -0.2) is 42.7 Å². The van der Waals surface area contributed by atoms with Crippen molar-refractivity contribution in [3.63, 3.8) is 0 Å². The number of hydrogen-bond acceptors (Lipinski definition) is 6. The minimum absolute atomic E-state index is 0.0540. The second-order valence-electron chi connectivity index (χ2n) is 6.81. The number of nitrogens with one attached hydrogen (secondary N) is 2. The van der Waals surface area contributed by atoms with Gasteiger partial charge < -0.3 is 10.6 Å². The monoisotopic (exact) mass is 408 g/mol. The van der Waals surface area contributed by atoms with Gasteiger partial charge in [0, 0.05) is 31.7 Å². The normalized spacial score (nSPS) is 18.3. The summed E-state index contributed by atoms with van der Waals surface area (Å²) >= 11 is 0.977. The van der Waals surface area contributed by atoms with Crippen molar-refractivity contribution in [2.24, 2.45) is 0 Å². The summed E-state index contributed by atoms with van der Waals surface area (Å²) in [7, 11) is -3.62. The molecule has 9 heteroatoms. The van der Waals surface area contributed by atoms with Crippen molar-refractivity contribution in [1.29, 1.82) is 0 Å². The molecule has 0 radical (unpaired) electrons. The second kappa shape index (κ2) is 7.95. The highest BCUT2D eigenvalue weighted by molar-refractivity contribution is 7.91. The highest BCUT2D eigenvalue weighted by Crippen LogP contribution is 2.28. The number of sulfonamides is 1. The Labute approximate surface area is 163 Å². The average Bonchev–Trinajstić information content (AvgIpc) is 3.07. The summed E-state index contributed by atoms with van der Waals surface area (Å²) in [6, 6.07) is 6.23. The highest BCUT2D eigenvalue weighted by Gasteiger charge is 2.32. The van der Waals surface area contributed by atoms with Crippen LogP contribution < -0.4 is 10.6 Å². The minimum Gasteiger partial charge on any atom is -0.381 e. The number of benzene rings is 1. The highest BCUT2D eigenvalue weighted by atomic mass is 32.2. The molecule has 1 aromatic heterocycles. The van der Waals surface area contributed by atoms with Crippen molar-refractivity contribution in [2.45, 2.75) is 43.9 Å². The summed E-state index contributed by atoms with van der Waals surface area (Å²) in [4.78, 5) is 15.1. The van der Waals surface area contributed by atoms with Gasteiger partial charge in [0.15, 0.2) is 9.34 Å². The maximum atomic E-state index is 12.9. The predicted molar refractivity (Wildman–Crippen MR) is 108 cm³/mol. The van der Waals surface area contributed by atoms with E-state index in [0.717, 1.165) is 29.9 Å². The molecule has 2 heterocycles. The number of aromatic nitrogens is 1. The van der Waals surface area contributed by atoms with E-state index in [9.17, 15) is 13.2 Å². The molecule has 1 aromatic carbocycles. The summed E-state index contributed by atoms with van der Waals surface area (Å²) in [5.74, 6) is -0.274. The van der Waals surface area contributed by atoms with E-state index in [1.54, 1.807) is 0 Å². The third kappa shape index (κ3) is 4.66. The molecule has 0 bridgehead atoms. The fourth-order valence-corrected chi connectivity index (χ4v) is 5.82. The molecule has 1 aliphatic rings. The summed E-state index contributed by atoms with van der Waals surface area (Å²) in [6.45, 7) is 6.39. The van der Waals surface area contributed by atoms with Gasteiger partial charge in [0.25, 0.3) is 10.0 Å². The number of carbonyl (C=O) groups excluding carboxylic acids is 1. The van der Waals surface area contributed by atoms with Crippen molar-refractivity contribution in [3.8, 4) is 0 Å². The number of aryl methyl sites for hydroxylation is 2. The molecule has 0 spiro atoms. The number of thiazole rings is 1. The Morgan fingerprint density at radius 3 is 2.78 bits per heavy atom. The fraction of sp³-hybridized carbons (Fsp3) is 0.444. The quantitative estimate of drug-likeness (QED) is 0.794. The van der Waals surface area contributed by atoms with Gasteiger partial charge in [0.05, 0.1) is 6.20 Å². The van der Waals surface area contributed by atoms with Gasteiger partial charge in [0.2, 0.25) is 5.91 Å². The standard InChI is InChI=1S/C18H24N4O3S2/c1-12-6-7-15(9-13(12)2)21-16-5-4-8-22(11-16)27(24,25)17-10-19-18(26-17)20-14(3)23/h6-7,9-10,16,21H,4-5,8,11H2,1-3H3,(H,19,20,23)/t16-/m1/s1. The maximum absolute atomic E-state index is 12.9. The molecule has 2 N–H and O–H groups in total. The molecule has 3 rings (SSSR count). The Bertz CT molecular complexity index is 940. The van der Waals surface area contributed by atoms with Gasteiger partial charge >= 0.3 is 0 Å². The molecule has 1 atom stereocenters. The average molecular weight is 409 g/mol. The van der Waals surface area contributed by atoms with Crippen LogP contribution in [0.25, 0.3) is 0 Å². The first-order valence-electron chi connectivity index (χ1n) is 8.83. The van der Waals surface area contributed by atoms with Crippen molar-refractivity contribution in [3.05, 3.63) is 35.5 Å². The Morgan fingerprint density at radius 2 is 2.07 bits per heavy atom. The lowest BCUT2D eigenvalue weighted by atomic mass is 10.1. The predicted octanol–water partition coefficient (Wildman–Crippen LogP) is 2.98. The molecule has 0 saturated carbocycles. The van der Waals surface area contributed by atoms with E-state index in [0.29, 0.717) is 18.2 Å². The van der Waals surface area contributed by atoms with Gasteiger partial charge in [-0.2, -0.15) is 4.31 Å². The minimum atomic E-state index is -3.62. The zero-order valence-electron chi connectivity index (χ0n) is 15.7. The summed E-state index contributed by atoms with van der Waals surface area (Å²) < 4.78 is 27.5. The van der Waals surface area contributed by atoms with E-state index < -0.39 is 10.0 Å². The Morgan fingerprint density at radius 1 is 1.30 bits per heavy atom. The molecular weight excluding hydrogens is 384 g/mol. The molecule has 1 fully saturated rings. The van der Waals surface area contributed by atoms with E-state index in [1.165, 1.54) is 28.6 Å². The lowest BCUT2D eigenvalue weighted by Gasteiger charge is -2.32. The first-order chi connectivity index (χ1) is 12.8.